The topological polar surface area (TPSA) is 110 Å². The third kappa shape index (κ3) is 4.28. The predicted octanol–water partition coefficient (Wildman–Crippen LogP) is 1.31. The number of carboxylic acids is 1. The highest BCUT2D eigenvalue weighted by Gasteiger charge is 2.25. The van der Waals surface area contributed by atoms with Crippen LogP contribution >= 0.6 is 0 Å². The van der Waals surface area contributed by atoms with E-state index >= 15 is 0 Å². The highest BCUT2D eigenvalue weighted by molar-refractivity contribution is 7.89. The van der Waals surface area contributed by atoms with Crippen molar-refractivity contribution in [1.82, 2.24) is 4.72 Å². The number of hydrogen-bond acceptors (Lipinski definition) is 5. The van der Waals surface area contributed by atoms with Crippen molar-refractivity contribution >= 4 is 22.0 Å². The van der Waals surface area contributed by atoms with Gasteiger partial charge in [-0.25, -0.2) is 13.2 Å². The molecule has 1 aromatic carbocycles. The van der Waals surface area contributed by atoms with Gasteiger partial charge in [-0.15, -0.1) is 0 Å². The summed E-state index contributed by atoms with van der Waals surface area (Å²) in [5.41, 5.74) is 0.682. The molecule has 0 radical (unpaired) electrons. The second kappa shape index (κ2) is 7.37. The molecule has 0 fully saturated rings. The van der Waals surface area contributed by atoms with Crippen molar-refractivity contribution in [2.24, 2.45) is 0 Å². The molecule has 0 aliphatic rings. The van der Waals surface area contributed by atoms with Crippen molar-refractivity contribution in [2.75, 3.05) is 7.11 Å². The minimum atomic E-state index is -4.05. The van der Waals surface area contributed by atoms with Crippen molar-refractivity contribution < 1.29 is 27.9 Å². The number of benzene rings is 1. The quantitative estimate of drug-likeness (QED) is 0.730. The van der Waals surface area contributed by atoms with Gasteiger partial charge in [0.15, 0.2) is 0 Å². The molecule has 0 amide bonds. The number of carbonyl (C=O) groups is 2. The molecule has 0 saturated heterocycles. The number of hydrogen-bond donors (Lipinski definition) is 2. The van der Waals surface area contributed by atoms with Gasteiger partial charge < -0.3 is 9.84 Å². The van der Waals surface area contributed by atoms with E-state index < -0.39 is 28.0 Å². The summed E-state index contributed by atoms with van der Waals surface area (Å²) in [6.07, 6.45) is 0.686. The Morgan fingerprint density at radius 3 is 2.50 bits per heavy atom. The smallest absolute Gasteiger partial charge is 0.338 e. The van der Waals surface area contributed by atoms with Crippen LogP contribution in [0.4, 0.5) is 0 Å². The maximum absolute atomic E-state index is 12.3. The molecular formula is C14H19NO6S. The maximum atomic E-state index is 12.3. The van der Waals surface area contributed by atoms with Gasteiger partial charge in [0, 0.05) is 0 Å². The zero-order valence-corrected chi connectivity index (χ0v) is 13.4. The molecule has 8 heteroatoms. The number of sulfonamides is 1. The third-order valence-corrected chi connectivity index (χ3v) is 4.57. The molecule has 1 rings (SSSR count). The van der Waals surface area contributed by atoms with Crippen LogP contribution in [0.15, 0.2) is 23.1 Å². The summed E-state index contributed by atoms with van der Waals surface area (Å²) in [5.74, 6) is -1.90. The number of nitrogens with one attached hydrogen (secondary N) is 1. The zero-order chi connectivity index (χ0) is 16.9. The largest absolute Gasteiger partial charge is 0.480 e. The van der Waals surface area contributed by atoms with Gasteiger partial charge in [0.1, 0.15) is 6.04 Å². The van der Waals surface area contributed by atoms with E-state index in [9.17, 15) is 18.0 Å². The number of esters is 1. The first-order chi connectivity index (χ1) is 10.2. The average molecular weight is 329 g/mol. The lowest BCUT2D eigenvalue weighted by molar-refractivity contribution is -0.139. The summed E-state index contributed by atoms with van der Waals surface area (Å²) < 4.78 is 31.3. The lowest BCUT2D eigenvalue weighted by Crippen LogP contribution is -2.40. The van der Waals surface area contributed by atoms with Crippen LogP contribution in [0.5, 0.6) is 0 Å². The van der Waals surface area contributed by atoms with Crippen LogP contribution in [0, 0.1) is 6.92 Å². The monoisotopic (exact) mass is 329 g/mol. The average Bonchev–Trinajstić information content (AvgIpc) is 2.46. The molecule has 0 aromatic heterocycles. The molecule has 0 bridgehead atoms. The second-order valence-corrected chi connectivity index (χ2v) is 6.48. The van der Waals surface area contributed by atoms with Gasteiger partial charge in [-0.3, -0.25) is 4.79 Å². The summed E-state index contributed by atoms with van der Waals surface area (Å²) in [6.45, 7) is 3.40. The molecule has 22 heavy (non-hydrogen) atoms. The first-order valence-electron chi connectivity index (χ1n) is 6.67. The molecule has 0 aliphatic carbocycles. The number of methoxy groups -OCH3 is 1. The van der Waals surface area contributed by atoms with Crippen LogP contribution < -0.4 is 4.72 Å². The standard InChI is InChI=1S/C14H19NO6S/c1-4-5-12(13(16)17)15-22(19,20)10-7-6-9(2)11(8-10)14(18)21-3/h6-8,12,15H,4-5H2,1-3H3,(H,16,17). The lowest BCUT2D eigenvalue weighted by Gasteiger charge is -2.14. The lowest BCUT2D eigenvalue weighted by atomic mass is 10.1. The summed E-state index contributed by atoms with van der Waals surface area (Å²) >= 11 is 0. The zero-order valence-electron chi connectivity index (χ0n) is 12.6. The Labute approximate surface area is 129 Å². The van der Waals surface area contributed by atoms with Crippen LogP contribution in [-0.2, 0) is 19.6 Å². The van der Waals surface area contributed by atoms with E-state index in [4.69, 9.17) is 5.11 Å². The number of ether oxygens (including phenoxy) is 1. The van der Waals surface area contributed by atoms with Gasteiger partial charge in [-0.05, 0) is 31.0 Å². The molecular weight excluding hydrogens is 310 g/mol. The summed E-state index contributed by atoms with van der Waals surface area (Å²) in [4.78, 5) is 22.5. The molecule has 1 aromatic rings. The maximum Gasteiger partial charge on any atom is 0.338 e. The molecule has 0 heterocycles. The van der Waals surface area contributed by atoms with E-state index in [0.717, 1.165) is 0 Å². The van der Waals surface area contributed by atoms with E-state index in [2.05, 4.69) is 9.46 Å². The highest BCUT2D eigenvalue weighted by atomic mass is 32.2. The van der Waals surface area contributed by atoms with Crippen molar-refractivity contribution in [3.8, 4) is 0 Å². The van der Waals surface area contributed by atoms with Gasteiger partial charge >= 0.3 is 11.9 Å². The Morgan fingerprint density at radius 2 is 2.00 bits per heavy atom. The van der Waals surface area contributed by atoms with Gasteiger partial charge in [0.05, 0.1) is 17.6 Å². The molecule has 2 N–H and O–H groups in total. The summed E-state index contributed by atoms with van der Waals surface area (Å²) in [7, 11) is -2.85. The van der Waals surface area contributed by atoms with E-state index in [0.29, 0.717) is 12.0 Å². The molecule has 122 valence electrons. The van der Waals surface area contributed by atoms with Gasteiger partial charge in [0.2, 0.25) is 10.0 Å². The SMILES string of the molecule is CCCC(NS(=O)(=O)c1ccc(C)c(C(=O)OC)c1)C(=O)O. The summed E-state index contributed by atoms with van der Waals surface area (Å²) in [6, 6.07) is 2.75. The minimum Gasteiger partial charge on any atom is -0.480 e. The normalized spacial score (nSPS) is 12.7. The van der Waals surface area contributed by atoms with Crippen LogP contribution in [-0.4, -0.2) is 38.6 Å². The number of aliphatic carboxylic acids is 1. The number of aryl methyl sites for hydroxylation is 1. The Kier molecular flexibility index (Phi) is 6.07. The fraction of sp³-hybridized carbons (Fsp3) is 0.429. The number of carboxylic acid groups (broad SMARTS) is 1. The van der Waals surface area contributed by atoms with E-state index in [1.165, 1.54) is 25.3 Å². The highest BCUT2D eigenvalue weighted by Crippen LogP contribution is 2.17. The Hall–Kier alpha value is -1.93. The van der Waals surface area contributed by atoms with Gasteiger partial charge in [0.25, 0.3) is 0 Å². The minimum absolute atomic E-state index is 0.118. The third-order valence-electron chi connectivity index (χ3n) is 3.10. The number of rotatable bonds is 7. The van der Waals surface area contributed by atoms with Crippen molar-refractivity contribution in [2.45, 2.75) is 37.6 Å². The number of carbonyl (C=O) groups excluding carboxylic acids is 1. The molecule has 1 atom stereocenters. The van der Waals surface area contributed by atoms with Crippen LogP contribution in [0.2, 0.25) is 0 Å². The predicted molar refractivity (Wildman–Crippen MR) is 79.2 cm³/mol. The van der Waals surface area contributed by atoms with Gasteiger partial charge in [-0.2, -0.15) is 4.72 Å². The van der Waals surface area contributed by atoms with Crippen molar-refractivity contribution in [3.05, 3.63) is 29.3 Å². The molecule has 0 saturated carbocycles. The Morgan fingerprint density at radius 1 is 1.36 bits per heavy atom. The second-order valence-electron chi connectivity index (χ2n) is 4.77. The molecule has 7 nitrogen and oxygen atoms in total. The first-order valence-corrected chi connectivity index (χ1v) is 8.15. The van der Waals surface area contributed by atoms with Crippen LogP contribution in [0.1, 0.15) is 35.7 Å². The Balaban J connectivity index is 3.17. The van der Waals surface area contributed by atoms with Crippen molar-refractivity contribution in [1.29, 1.82) is 0 Å². The fourth-order valence-electron chi connectivity index (χ4n) is 1.87. The summed E-state index contributed by atoms with van der Waals surface area (Å²) in [5, 5.41) is 9.04. The molecule has 0 aliphatic heterocycles. The van der Waals surface area contributed by atoms with Crippen LogP contribution in [0.3, 0.4) is 0 Å². The van der Waals surface area contributed by atoms with Crippen LogP contribution in [0.25, 0.3) is 0 Å². The fourth-order valence-corrected chi connectivity index (χ4v) is 3.12. The van der Waals surface area contributed by atoms with E-state index in [1.807, 2.05) is 0 Å². The van der Waals surface area contributed by atoms with Crippen molar-refractivity contribution in [3.63, 3.8) is 0 Å². The van der Waals surface area contributed by atoms with E-state index in [-0.39, 0.29) is 16.9 Å². The van der Waals surface area contributed by atoms with E-state index in [1.54, 1.807) is 13.8 Å². The Bertz CT molecular complexity index is 668. The molecule has 1 unspecified atom stereocenters. The van der Waals surface area contributed by atoms with Gasteiger partial charge in [-0.1, -0.05) is 19.4 Å². The molecule has 0 spiro atoms. The first kappa shape index (κ1) is 18.1.